The van der Waals surface area contributed by atoms with E-state index >= 15 is 0 Å². The van der Waals surface area contributed by atoms with Gasteiger partial charge in [-0.05, 0) is 55.3 Å². The number of carbonyl (C=O) groups excluding carboxylic acids is 1. The summed E-state index contributed by atoms with van der Waals surface area (Å²) in [5.41, 5.74) is 7.01. The molecule has 0 saturated carbocycles. The summed E-state index contributed by atoms with van der Waals surface area (Å²) in [4.78, 5) is 17.8. The predicted molar refractivity (Wildman–Crippen MR) is 136 cm³/mol. The number of anilines is 1. The maximum atomic E-state index is 13.0. The number of aromatic amines is 1. The molecule has 7 nitrogen and oxygen atoms in total. The van der Waals surface area contributed by atoms with E-state index in [1.807, 2.05) is 42.5 Å². The van der Waals surface area contributed by atoms with Gasteiger partial charge in [0.1, 0.15) is 29.6 Å². The van der Waals surface area contributed by atoms with Gasteiger partial charge in [0.05, 0.1) is 11.0 Å². The lowest BCUT2D eigenvalue weighted by molar-refractivity contribution is 0.102. The van der Waals surface area contributed by atoms with Crippen LogP contribution in [0.5, 0.6) is 5.75 Å². The number of ether oxygens (including phenoxy) is 1. The largest absolute Gasteiger partial charge is 0.488 e. The van der Waals surface area contributed by atoms with Gasteiger partial charge in [0.25, 0.3) is 5.91 Å². The van der Waals surface area contributed by atoms with Gasteiger partial charge < -0.3 is 14.6 Å². The summed E-state index contributed by atoms with van der Waals surface area (Å²) in [6.45, 7) is 3.36. The second kappa shape index (κ2) is 8.76. The number of imidazole rings is 1. The molecule has 6 rings (SSSR count). The normalized spacial score (nSPS) is 12.1. The average Bonchev–Trinajstić information content (AvgIpc) is 3.49. The number of aromatic nitrogens is 4. The molecule has 3 heterocycles. The van der Waals surface area contributed by atoms with E-state index in [0.29, 0.717) is 12.3 Å². The van der Waals surface area contributed by atoms with Crippen molar-refractivity contribution in [3.63, 3.8) is 0 Å². The Hall–Kier alpha value is -4.39. The maximum Gasteiger partial charge on any atom is 0.274 e. The quantitative estimate of drug-likeness (QED) is 0.354. The van der Waals surface area contributed by atoms with E-state index in [9.17, 15) is 4.79 Å². The fraction of sp³-hybridized carbons (Fsp3) is 0.179. The van der Waals surface area contributed by atoms with Crippen LogP contribution in [-0.2, 0) is 26.0 Å². The van der Waals surface area contributed by atoms with Crippen LogP contribution in [0.4, 0.5) is 5.69 Å². The zero-order chi connectivity index (χ0) is 23.8. The van der Waals surface area contributed by atoms with Crippen LogP contribution in [-0.4, -0.2) is 25.7 Å². The maximum absolute atomic E-state index is 13.0. The van der Waals surface area contributed by atoms with Crippen molar-refractivity contribution in [1.82, 2.24) is 19.7 Å². The molecule has 1 amide bonds. The number of nitrogens with zero attached hydrogens (tertiary/aromatic N) is 3. The van der Waals surface area contributed by atoms with Gasteiger partial charge in [-0.25, -0.2) is 4.98 Å². The van der Waals surface area contributed by atoms with Crippen molar-refractivity contribution in [3.05, 3.63) is 95.4 Å². The standard InChI is InChI=1S/C28H25N5O2/c1-2-33-23-9-5-4-8-22(23)30-25(33)16-13-18-11-14-19(15-12-18)29-28(34)27-21-17-35-24-10-6-3-7-20(24)26(21)31-32-27/h3-12,14-15H,2,13,16-17H2,1H3,(H,29,34)(H,31,32). The molecule has 0 bridgehead atoms. The number of carbonyl (C=O) groups is 1. The number of aryl methyl sites for hydroxylation is 3. The van der Waals surface area contributed by atoms with Crippen LogP contribution in [0.3, 0.4) is 0 Å². The molecular formula is C28H25N5O2. The molecule has 1 aliphatic heterocycles. The minimum atomic E-state index is -0.230. The highest BCUT2D eigenvalue weighted by Gasteiger charge is 2.26. The monoisotopic (exact) mass is 463 g/mol. The zero-order valence-electron chi connectivity index (χ0n) is 19.4. The highest BCUT2D eigenvalue weighted by atomic mass is 16.5. The number of nitrogens with one attached hydrogen (secondary N) is 2. The van der Waals surface area contributed by atoms with Gasteiger partial charge in [0, 0.05) is 29.8 Å². The van der Waals surface area contributed by atoms with Crippen LogP contribution in [0.1, 0.15) is 34.4 Å². The van der Waals surface area contributed by atoms with E-state index in [-0.39, 0.29) is 5.91 Å². The van der Waals surface area contributed by atoms with Crippen molar-refractivity contribution >= 4 is 22.6 Å². The molecule has 0 radical (unpaired) electrons. The van der Waals surface area contributed by atoms with Crippen LogP contribution in [0.25, 0.3) is 22.3 Å². The van der Waals surface area contributed by atoms with E-state index in [0.717, 1.165) is 59.0 Å². The second-order valence-corrected chi connectivity index (χ2v) is 8.62. The van der Waals surface area contributed by atoms with Crippen molar-refractivity contribution in [3.8, 4) is 17.0 Å². The molecule has 3 aromatic carbocycles. The Morgan fingerprint density at radius 3 is 2.69 bits per heavy atom. The summed E-state index contributed by atoms with van der Waals surface area (Å²) in [6, 6.07) is 23.9. The Labute approximate surface area is 202 Å². The van der Waals surface area contributed by atoms with Gasteiger partial charge in [-0.2, -0.15) is 5.10 Å². The third-order valence-electron chi connectivity index (χ3n) is 6.51. The first-order chi connectivity index (χ1) is 17.2. The first-order valence-electron chi connectivity index (χ1n) is 11.8. The molecule has 0 fully saturated rings. The molecule has 35 heavy (non-hydrogen) atoms. The number of hydrogen-bond acceptors (Lipinski definition) is 4. The first-order valence-corrected chi connectivity index (χ1v) is 11.8. The molecule has 7 heteroatoms. The van der Waals surface area contributed by atoms with Crippen LogP contribution >= 0.6 is 0 Å². The van der Waals surface area contributed by atoms with Gasteiger partial charge in [0.2, 0.25) is 0 Å². The molecule has 5 aromatic rings. The molecule has 0 unspecified atom stereocenters. The van der Waals surface area contributed by atoms with E-state index in [1.54, 1.807) is 0 Å². The Kier molecular flexibility index (Phi) is 5.29. The fourth-order valence-corrected chi connectivity index (χ4v) is 4.73. The van der Waals surface area contributed by atoms with Crippen molar-refractivity contribution in [2.75, 3.05) is 5.32 Å². The molecular weight excluding hydrogens is 438 g/mol. The van der Waals surface area contributed by atoms with Gasteiger partial charge in [-0.3, -0.25) is 9.89 Å². The lowest BCUT2D eigenvalue weighted by Gasteiger charge is -2.17. The minimum absolute atomic E-state index is 0.230. The van der Waals surface area contributed by atoms with Crippen molar-refractivity contribution in [2.45, 2.75) is 32.9 Å². The predicted octanol–water partition coefficient (Wildman–Crippen LogP) is 5.38. The lowest BCUT2D eigenvalue weighted by Crippen LogP contribution is -2.16. The number of amides is 1. The SMILES string of the molecule is CCn1c(CCc2ccc(NC(=O)c3[nH]nc4c3COc3ccccc3-4)cc2)nc2ccccc21. The van der Waals surface area contributed by atoms with Crippen molar-refractivity contribution in [1.29, 1.82) is 0 Å². The Morgan fingerprint density at radius 2 is 1.83 bits per heavy atom. The number of benzene rings is 3. The smallest absolute Gasteiger partial charge is 0.274 e. The summed E-state index contributed by atoms with van der Waals surface area (Å²) in [6.07, 6.45) is 1.73. The topological polar surface area (TPSA) is 84.8 Å². The highest BCUT2D eigenvalue weighted by Crippen LogP contribution is 2.37. The first kappa shape index (κ1) is 21.2. The van der Waals surface area contributed by atoms with Crippen molar-refractivity contribution in [2.24, 2.45) is 0 Å². The highest BCUT2D eigenvalue weighted by molar-refractivity contribution is 6.05. The zero-order valence-corrected chi connectivity index (χ0v) is 19.4. The molecule has 0 atom stereocenters. The Bertz CT molecular complexity index is 1530. The van der Waals surface area contributed by atoms with E-state index < -0.39 is 0 Å². The van der Waals surface area contributed by atoms with Crippen LogP contribution in [0.15, 0.2) is 72.8 Å². The van der Waals surface area contributed by atoms with Crippen LogP contribution in [0.2, 0.25) is 0 Å². The summed E-state index contributed by atoms with van der Waals surface area (Å²) >= 11 is 0. The summed E-state index contributed by atoms with van der Waals surface area (Å²) in [5.74, 6) is 1.65. The number of fused-ring (bicyclic) bond motifs is 4. The minimum Gasteiger partial charge on any atom is -0.488 e. The van der Waals surface area contributed by atoms with E-state index in [1.165, 1.54) is 11.1 Å². The van der Waals surface area contributed by atoms with Gasteiger partial charge in [-0.1, -0.05) is 36.4 Å². The Morgan fingerprint density at radius 1 is 1.03 bits per heavy atom. The molecule has 0 saturated heterocycles. The van der Waals surface area contributed by atoms with Gasteiger partial charge >= 0.3 is 0 Å². The molecule has 174 valence electrons. The summed E-state index contributed by atoms with van der Waals surface area (Å²) < 4.78 is 8.09. The number of hydrogen-bond donors (Lipinski definition) is 2. The van der Waals surface area contributed by atoms with Crippen molar-refractivity contribution < 1.29 is 9.53 Å². The summed E-state index contributed by atoms with van der Waals surface area (Å²) in [5, 5.41) is 10.3. The second-order valence-electron chi connectivity index (χ2n) is 8.62. The third kappa shape index (κ3) is 3.85. The van der Waals surface area contributed by atoms with Gasteiger partial charge in [-0.15, -0.1) is 0 Å². The fourth-order valence-electron chi connectivity index (χ4n) is 4.73. The average molecular weight is 464 g/mol. The van der Waals surface area contributed by atoms with E-state index in [4.69, 9.17) is 9.72 Å². The molecule has 0 spiro atoms. The molecule has 0 aliphatic carbocycles. The van der Waals surface area contributed by atoms with Crippen LogP contribution in [0, 0.1) is 0 Å². The summed E-state index contributed by atoms with van der Waals surface area (Å²) in [7, 11) is 0. The third-order valence-corrected chi connectivity index (χ3v) is 6.51. The Balaban J connectivity index is 1.14. The van der Waals surface area contributed by atoms with Crippen LogP contribution < -0.4 is 10.1 Å². The van der Waals surface area contributed by atoms with Gasteiger partial charge in [0.15, 0.2) is 0 Å². The lowest BCUT2D eigenvalue weighted by atomic mass is 10.0. The van der Waals surface area contributed by atoms with E-state index in [2.05, 4.69) is 57.3 Å². The number of para-hydroxylation sites is 3. The molecule has 2 aromatic heterocycles. The molecule has 1 aliphatic rings. The number of rotatable bonds is 6. The number of H-pyrrole nitrogens is 1. The molecule has 2 N–H and O–H groups in total.